The lowest BCUT2D eigenvalue weighted by Crippen LogP contribution is -2.13. The molecule has 0 bridgehead atoms. The number of nitrogens with one attached hydrogen (secondary N) is 1. The summed E-state index contributed by atoms with van der Waals surface area (Å²) in [4.78, 5) is 34.7. The summed E-state index contributed by atoms with van der Waals surface area (Å²) in [5.74, 6) is -0.228. The molecule has 7 heteroatoms. The minimum atomic E-state index is -0.561. The maximum Gasteiger partial charge on any atom is 0.270 e. The first kappa shape index (κ1) is 18.8. The molecule has 0 unspecified atom stereocenters. The number of hydrogen-bond donors (Lipinski definition) is 1. The van der Waals surface area contributed by atoms with E-state index in [4.69, 9.17) is 4.74 Å². The van der Waals surface area contributed by atoms with Gasteiger partial charge in [-0.15, -0.1) is 0 Å². The highest BCUT2D eigenvalue weighted by molar-refractivity contribution is 6.04. The van der Waals surface area contributed by atoms with E-state index >= 15 is 0 Å². The number of nitro benzene ring substituents is 1. The highest BCUT2D eigenvalue weighted by atomic mass is 16.6. The zero-order valence-electron chi connectivity index (χ0n) is 14.7. The maximum atomic E-state index is 12.3. The lowest BCUT2D eigenvalue weighted by molar-refractivity contribution is -0.384. The summed E-state index contributed by atoms with van der Waals surface area (Å²) in [6.45, 7) is -0.133. The second kappa shape index (κ2) is 8.59. The molecule has 7 nitrogen and oxygen atoms in total. The number of rotatable bonds is 7. The van der Waals surface area contributed by atoms with Crippen LogP contribution in [0.2, 0.25) is 0 Å². The van der Waals surface area contributed by atoms with E-state index < -0.39 is 10.8 Å². The van der Waals surface area contributed by atoms with Crippen molar-refractivity contribution < 1.29 is 19.2 Å². The van der Waals surface area contributed by atoms with Gasteiger partial charge in [0.1, 0.15) is 5.75 Å². The smallest absolute Gasteiger partial charge is 0.270 e. The number of amides is 1. The molecule has 3 aromatic rings. The third kappa shape index (κ3) is 4.79. The predicted octanol–water partition coefficient (Wildman–Crippen LogP) is 4.11. The van der Waals surface area contributed by atoms with Crippen LogP contribution in [0.15, 0.2) is 78.9 Å². The molecule has 0 heterocycles. The molecule has 0 saturated carbocycles. The molecular formula is C21H16N2O5. The summed E-state index contributed by atoms with van der Waals surface area (Å²) in [5.41, 5.74) is 1.00. The van der Waals surface area contributed by atoms with Crippen LogP contribution in [0.5, 0.6) is 5.75 Å². The molecule has 0 atom stereocenters. The fraction of sp³-hybridized carbons (Fsp3) is 0.0476. The van der Waals surface area contributed by atoms with E-state index in [1.54, 1.807) is 48.5 Å². The highest BCUT2D eigenvalue weighted by Gasteiger charge is 2.12. The van der Waals surface area contributed by atoms with E-state index in [1.807, 2.05) is 6.07 Å². The minimum absolute atomic E-state index is 0.133. The molecule has 1 N–H and O–H groups in total. The second-order valence-electron chi connectivity index (χ2n) is 5.87. The summed E-state index contributed by atoms with van der Waals surface area (Å²) in [5, 5.41) is 13.5. The Morgan fingerprint density at radius 3 is 2.36 bits per heavy atom. The molecule has 0 aliphatic carbocycles. The lowest BCUT2D eigenvalue weighted by atomic mass is 10.1. The van der Waals surface area contributed by atoms with Crippen molar-refractivity contribution in [2.75, 3.05) is 11.9 Å². The van der Waals surface area contributed by atoms with Gasteiger partial charge in [0.2, 0.25) is 0 Å². The first-order chi connectivity index (χ1) is 13.5. The van der Waals surface area contributed by atoms with Crippen LogP contribution >= 0.6 is 0 Å². The fourth-order valence-corrected chi connectivity index (χ4v) is 2.48. The zero-order valence-corrected chi connectivity index (χ0v) is 14.7. The highest BCUT2D eigenvalue weighted by Crippen LogP contribution is 2.20. The van der Waals surface area contributed by atoms with E-state index in [0.717, 1.165) is 0 Å². The van der Waals surface area contributed by atoms with Gasteiger partial charge in [0.15, 0.2) is 12.4 Å². The molecule has 3 rings (SSSR count). The van der Waals surface area contributed by atoms with Crippen LogP contribution in [0, 0.1) is 10.1 Å². The van der Waals surface area contributed by atoms with Gasteiger partial charge in [0.05, 0.1) is 4.92 Å². The number of nitro groups is 1. The molecule has 0 radical (unpaired) electrons. The summed E-state index contributed by atoms with van der Waals surface area (Å²) in [6.07, 6.45) is 0. The van der Waals surface area contributed by atoms with Gasteiger partial charge < -0.3 is 10.1 Å². The Hall–Kier alpha value is -4.00. The lowest BCUT2D eigenvalue weighted by Gasteiger charge is -2.09. The summed E-state index contributed by atoms with van der Waals surface area (Å²) < 4.78 is 5.51. The van der Waals surface area contributed by atoms with Crippen molar-refractivity contribution in [2.24, 2.45) is 0 Å². The Morgan fingerprint density at radius 2 is 1.61 bits per heavy atom. The Labute approximate surface area is 160 Å². The van der Waals surface area contributed by atoms with E-state index in [2.05, 4.69) is 5.32 Å². The predicted molar refractivity (Wildman–Crippen MR) is 104 cm³/mol. The number of non-ortho nitro benzene ring substituents is 1. The number of carbonyl (C=O) groups excluding carboxylic acids is 2. The molecule has 3 aromatic carbocycles. The number of carbonyl (C=O) groups is 2. The quantitative estimate of drug-likeness (QED) is 0.380. The fourth-order valence-electron chi connectivity index (χ4n) is 2.48. The molecule has 140 valence electrons. The van der Waals surface area contributed by atoms with Crippen LogP contribution in [0.3, 0.4) is 0 Å². The number of hydrogen-bond acceptors (Lipinski definition) is 5. The molecule has 1 amide bonds. The van der Waals surface area contributed by atoms with Gasteiger partial charge in [-0.3, -0.25) is 19.7 Å². The zero-order chi connectivity index (χ0) is 19.9. The molecule has 0 aromatic heterocycles. The van der Waals surface area contributed by atoms with Gasteiger partial charge in [-0.1, -0.05) is 42.5 Å². The number of benzene rings is 3. The third-order valence-corrected chi connectivity index (χ3v) is 3.88. The first-order valence-electron chi connectivity index (χ1n) is 8.40. The van der Waals surface area contributed by atoms with Crippen LogP contribution in [-0.4, -0.2) is 23.2 Å². The van der Waals surface area contributed by atoms with E-state index in [0.29, 0.717) is 17.0 Å². The number of anilines is 1. The van der Waals surface area contributed by atoms with Crippen LogP contribution < -0.4 is 10.1 Å². The Kier molecular flexibility index (Phi) is 5.76. The van der Waals surface area contributed by atoms with Gasteiger partial charge in [-0.25, -0.2) is 0 Å². The SMILES string of the molecule is O=C(COc1cccc(NC(=O)c2cccc([N+](=O)[O-])c2)c1)c1ccccc1. The molecular weight excluding hydrogens is 360 g/mol. The van der Waals surface area contributed by atoms with E-state index in [1.165, 1.54) is 24.3 Å². The Morgan fingerprint density at radius 1 is 0.893 bits per heavy atom. The van der Waals surface area contributed by atoms with Gasteiger partial charge in [0.25, 0.3) is 11.6 Å². The molecule has 0 saturated heterocycles. The number of ether oxygens (including phenoxy) is 1. The maximum absolute atomic E-state index is 12.3. The molecule has 0 aliphatic rings. The van der Waals surface area contributed by atoms with Crippen LogP contribution in [0.25, 0.3) is 0 Å². The summed E-state index contributed by atoms with van der Waals surface area (Å²) >= 11 is 0. The number of Topliss-reactive ketones (excluding diaryl/α,β-unsaturated/α-hetero) is 1. The van der Waals surface area contributed by atoms with Crippen molar-refractivity contribution in [1.29, 1.82) is 0 Å². The van der Waals surface area contributed by atoms with E-state index in [9.17, 15) is 19.7 Å². The summed E-state index contributed by atoms with van der Waals surface area (Å²) in [6, 6.07) is 20.8. The summed E-state index contributed by atoms with van der Waals surface area (Å²) in [7, 11) is 0. The van der Waals surface area contributed by atoms with Crippen molar-refractivity contribution in [3.05, 3.63) is 100 Å². The van der Waals surface area contributed by atoms with Crippen LogP contribution in [0.1, 0.15) is 20.7 Å². The normalized spacial score (nSPS) is 10.1. The molecule has 0 aliphatic heterocycles. The topological polar surface area (TPSA) is 98.5 Å². The van der Waals surface area contributed by atoms with Crippen molar-refractivity contribution in [1.82, 2.24) is 0 Å². The number of nitrogens with zero attached hydrogens (tertiary/aromatic N) is 1. The van der Waals surface area contributed by atoms with Gasteiger partial charge in [-0.05, 0) is 18.2 Å². The third-order valence-electron chi connectivity index (χ3n) is 3.88. The van der Waals surface area contributed by atoms with Crippen molar-refractivity contribution in [3.8, 4) is 5.75 Å². The first-order valence-corrected chi connectivity index (χ1v) is 8.40. The van der Waals surface area contributed by atoms with E-state index in [-0.39, 0.29) is 23.6 Å². The average molecular weight is 376 g/mol. The standard InChI is InChI=1S/C21H16N2O5/c24-20(15-6-2-1-3-7-15)14-28-19-11-5-9-17(13-19)22-21(25)16-8-4-10-18(12-16)23(26)27/h1-13H,14H2,(H,22,25). The van der Waals surface area contributed by atoms with Gasteiger partial charge in [0, 0.05) is 35.0 Å². The van der Waals surface area contributed by atoms with Crippen LogP contribution in [-0.2, 0) is 0 Å². The molecule has 0 fully saturated rings. The van der Waals surface area contributed by atoms with Gasteiger partial charge in [-0.2, -0.15) is 0 Å². The average Bonchev–Trinajstić information content (AvgIpc) is 2.73. The van der Waals surface area contributed by atoms with Gasteiger partial charge >= 0.3 is 0 Å². The monoisotopic (exact) mass is 376 g/mol. The number of ketones is 1. The Balaban J connectivity index is 1.64. The largest absolute Gasteiger partial charge is 0.485 e. The second-order valence-corrected chi connectivity index (χ2v) is 5.87. The van der Waals surface area contributed by atoms with Crippen molar-refractivity contribution in [3.63, 3.8) is 0 Å². The van der Waals surface area contributed by atoms with Crippen molar-refractivity contribution >= 4 is 23.1 Å². The van der Waals surface area contributed by atoms with Crippen molar-refractivity contribution in [2.45, 2.75) is 0 Å². The Bertz CT molecular complexity index is 1020. The molecule has 0 spiro atoms. The molecule has 28 heavy (non-hydrogen) atoms. The van der Waals surface area contributed by atoms with Crippen LogP contribution in [0.4, 0.5) is 11.4 Å². The minimum Gasteiger partial charge on any atom is -0.485 e.